The van der Waals surface area contributed by atoms with Gasteiger partial charge in [0.25, 0.3) is 0 Å². The van der Waals surface area contributed by atoms with Crippen LogP contribution in [0.1, 0.15) is 18.5 Å². The van der Waals surface area contributed by atoms with E-state index < -0.39 is 23.9 Å². The highest BCUT2D eigenvalue weighted by Crippen LogP contribution is 2.18. The van der Waals surface area contributed by atoms with Crippen molar-refractivity contribution in [3.8, 4) is 0 Å². The molecule has 1 heterocycles. The van der Waals surface area contributed by atoms with Gasteiger partial charge in [0.05, 0.1) is 5.69 Å². The highest BCUT2D eigenvalue weighted by molar-refractivity contribution is 5.94. The molecule has 0 aromatic carbocycles. The molecule has 1 unspecified atom stereocenters. The fraction of sp³-hybridized carbons (Fsp3) is 0.545. The molecule has 0 bridgehead atoms. The summed E-state index contributed by atoms with van der Waals surface area (Å²) < 4.78 is 1.21. The lowest BCUT2D eigenvalue weighted by molar-refractivity contribution is -0.138. The lowest BCUT2D eigenvalue weighted by Gasteiger charge is -2.05. The first-order valence-electron chi connectivity index (χ1n) is 6.42. The van der Waals surface area contributed by atoms with E-state index in [1.54, 1.807) is 0 Å². The van der Waals surface area contributed by atoms with Crippen LogP contribution in [-0.2, 0) is 22.6 Å². The van der Waals surface area contributed by atoms with Crippen molar-refractivity contribution in [3.05, 3.63) is 11.9 Å². The Labute approximate surface area is 119 Å². The van der Waals surface area contributed by atoms with E-state index in [9.17, 15) is 14.4 Å². The van der Waals surface area contributed by atoms with Gasteiger partial charge in [-0.1, -0.05) is 5.21 Å². The third-order valence-corrected chi connectivity index (χ3v) is 2.80. The average Bonchev–Trinajstić information content (AvgIpc) is 3.08. The van der Waals surface area contributed by atoms with Gasteiger partial charge in [0, 0.05) is 18.7 Å². The molecular formula is C11H16N6O4. The van der Waals surface area contributed by atoms with E-state index in [1.807, 2.05) is 0 Å². The molecule has 0 spiro atoms. The molecule has 3 amide bonds. The van der Waals surface area contributed by atoms with Gasteiger partial charge in [-0.15, -0.1) is 5.10 Å². The Balaban J connectivity index is 1.79. The van der Waals surface area contributed by atoms with Crippen LogP contribution >= 0.6 is 0 Å². The molecule has 0 saturated heterocycles. The SMILES string of the molecule is NC(Cc1cn(CC(=O)NC(=O)NC2CC2)nn1)C(=O)O. The number of carboxylic acids is 1. The molecule has 1 fully saturated rings. The van der Waals surface area contributed by atoms with Gasteiger partial charge in [0.15, 0.2) is 0 Å². The lowest BCUT2D eigenvalue weighted by atomic mass is 10.2. The molecule has 2 rings (SSSR count). The highest BCUT2D eigenvalue weighted by Gasteiger charge is 2.24. The Hall–Kier alpha value is -2.49. The summed E-state index contributed by atoms with van der Waals surface area (Å²) in [5.41, 5.74) is 5.73. The van der Waals surface area contributed by atoms with Gasteiger partial charge in [0.1, 0.15) is 12.6 Å². The van der Waals surface area contributed by atoms with Crippen molar-refractivity contribution in [2.75, 3.05) is 0 Å². The Morgan fingerprint density at radius 1 is 1.48 bits per heavy atom. The van der Waals surface area contributed by atoms with Crippen molar-refractivity contribution in [2.45, 2.75) is 37.9 Å². The smallest absolute Gasteiger partial charge is 0.321 e. The molecule has 0 aliphatic heterocycles. The number of aliphatic carboxylic acids is 1. The molecule has 5 N–H and O–H groups in total. The quantitative estimate of drug-likeness (QED) is 0.484. The first kappa shape index (κ1) is 14.9. The van der Waals surface area contributed by atoms with E-state index in [0.717, 1.165) is 12.8 Å². The van der Waals surface area contributed by atoms with Gasteiger partial charge >= 0.3 is 12.0 Å². The standard InChI is InChI=1S/C11H16N6O4/c12-8(10(19)20)3-7-4-17(16-15-7)5-9(18)14-11(21)13-6-1-2-6/h4,6,8H,1-3,5,12H2,(H,19,20)(H2,13,14,18,21). The molecule has 0 radical (unpaired) electrons. The maximum absolute atomic E-state index is 11.6. The van der Waals surface area contributed by atoms with E-state index in [2.05, 4.69) is 20.9 Å². The Kier molecular flexibility index (Phi) is 4.48. The second-order valence-electron chi connectivity index (χ2n) is 4.85. The summed E-state index contributed by atoms with van der Waals surface area (Å²) in [6.45, 7) is -0.187. The molecule has 10 heteroatoms. The van der Waals surface area contributed by atoms with Crippen molar-refractivity contribution < 1.29 is 19.5 Å². The molecule has 1 atom stereocenters. The number of nitrogens with two attached hydrogens (primary N) is 1. The first-order chi connectivity index (χ1) is 9.94. The maximum Gasteiger partial charge on any atom is 0.321 e. The Morgan fingerprint density at radius 3 is 2.81 bits per heavy atom. The van der Waals surface area contributed by atoms with Gasteiger partial charge in [-0.2, -0.15) is 0 Å². The predicted molar refractivity (Wildman–Crippen MR) is 69.0 cm³/mol. The third-order valence-electron chi connectivity index (χ3n) is 2.80. The number of hydrogen-bond acceptors (Lipinski definition) is 6. The topological polar surface area (TPSA) is 152 Å². The molecular weight excluding hydrogens is 280 g/mol. The van der Waals surface area contributed by atoms with Gasteiger partial charge < -0.3 is 16.2 Å². The van der Waals surface area contributed by atoms with E-state index in [1.165, 1.54) is 10.9 Å². The molecule has 1 aliphatic rings. The van der Waals surface area contributed by atoms with Crippen LogP contribution in [0, 0.1) is 0 Å². The summed E-state index contributed by atoms with van der Waals surface area (Å²) in [6, 6.07) is -1.45. The van der Waals surface area contributed by atoms with E-state index in [-0.39, 0.29) is 19.0 Å². The number of carbonyl (C=O) groups is 3. The number of hydrogen-bond donors (Lipinski definition) is 4. The van der Waals surface area contributed by atoms with Crippen molar-refractivity contribution in [2.24, 2.45) is 5.73 Å². The minimum absolute atomic E-state index is 0.0130. The summed E-state index contributed by atoms with van der Waals surface area (Å²) in [5.74, 6) is -1.67. The van der Waals surface area contributed by atoms with Crippen LogP contribution in [0.4, 0.5) is 4.79 Å². The second-order valence-corrected chi connectivity index (χ2v) is 4.85. The fourth-order valence-electron chi connectivity index (χ4n) is 1.58. The van der Waals surface area contributed by atoms with Crippen molar-refractivity contribution in [3.63, 3.8) is 0 Å². The molecule has 1 aliphatic carbocycles. The monoisotopic (exact) mass is 296 g/mol. The summed E-state index contributed by atoms with van der Waals surface area (Å²) in [4.78, 5) is 33.5. The Bertz CT molecular complexity index is 553. The highest BCUT2D eigenvalue weighted by atomic mass is 16.4. The van der Waals surface area contributed by atoms with Crippen LogP contribution in [0.25, 0.3) is 0 Å². The van der Waals surface area contributed by atoms with Crippen LogP contribution < -0.4 is 16.4 Å². The summed E-state index contributed by atoms with van der Waals surface area (Å²) in [7, 11) is 0. The fourth-order valence-corrected chi connectivity index (χ4v) is 1.58. The third kappa shape index (κ3) is 4.84. The minimum atomic E-state index is -1.14. The first-order valence-corrected chi connectivity index (χ1v) is 6.42. The van der Waals surface area contributed by atoms with Crippen LogP contribution in [0.2, 0.25) is 0 Å². The zero-order valence-electron chi connectivity index (χ0n) is 11.2. The summed E-state index contributed by atoms with van der Waals surface area (Å²) >= 11 is 0. The van der Waals surface area contributed by atoms with Crippen LogP contribution in [0.3, 0.4) is 0 Å². The van der Waals surface area contributed by atoms with E-state index >= 15 is 0 Å². The van der Waals surface area contributed by atoms with Crippen molar-refractivity contribution >= 4 is 17.9 Å². The van der Waals surface area contributed by atoms with Gasteiger partial charge in [-0.05, 0) is 12.8 Å². The molecule has 21 heavy (non-hydrogen) atoms. The number of amides is 3. The lowest BCUT2D eigenvalue weighted by Crippen LogP contribution is -2.41. The molecule has 1 aromatic heterocycles. The van der Waals surface area contributed by atoms with Crippen molar-refractivity contribution in [1.82, 2.24) is 25.6 Å². The molecule has 114 valence electrons. The zero-order valence-corrected chi connectivity index (χ0v) is 11.2. The van der Waals surface area contributed by atoms with Crippen LogP contribution in [0.15, 0.2) is 6.20 Å². The number of rotatable bonds is 6. The zero-order chi connectivity index (χ0) is 15.4. The molecule has 10 nitrogen and oxygen atoms in total. The van der Waals surface area contributed by atoms with Crippen LogP contribution in [0.5, 0.6) is 0 Å². The number of urea groups is 1. The second kappa shape index (κ2) is 6.31. The van der Waals surface area contributed by atoms with Gasteiger partial charge in [0.2, 0.25) is 5.91 Å². The normalized spacial score (nSPS) is 15.3. The van der Waals surface area contributed by atoms with Crippen LogP contribution in [-0.4, -0.2) is 50.1 Å². The average molecular weight is 296 g/mol. The number of imide groups is 1. The maximum atomic E-state index is 11.6. The number of nitrogens with zero attached hydrogens (tertiary/aromatic N) is 3. The summed E-state index contributed by atoms with van der Waals surface area (Å²) in [6.07, 6.45) is 3.29. The molecule has 1 saturated carbocycles. The van der Waals surface area contributed by atoms with E-state index in [0.29, 0.717) is 5.69 Å². The summed E-state index contributed by atoms with van der Waals surface area (Å²) in [5, 5.41) is 20.9. The van der Waals surface area contributed by atoms with E-state index in [4.69, 9.17) is 10.8 Å². The number of nitrogens with one attached hydrogen (secondary N) is 2. The number of carboxylic acid groups (broad SMARTS) is 1. The number of carbonyl (C=O) groups excluding carboxylic acids is 2. The minimum Gasteiger partial charge on any atom is -0.480 e. The largest absolute Gasteiger partial charge is 0.480 e. The van der Waals surface area contributed by atoms with Gasteiger partial charge in [-0.25, -0.2) is 9.48 Å². The van der Waals surface area contributed by atoms with Gasteiger partial charge in [-0.3, -0.25) is 14.9 Å². The number of aromatic nitrogens is 3. The Morgan fingerprint density at radius 2 is 2.19 bits per heavy atom. The predicted octanol–water partition coefficient (Wildman–Crippen LogP) is -1.78. The van der Waals surface area contributed by atoms with Crippen molar-refractivity contribution in [1.29, 1.82) is 0 Å². The molecule has 1 aromatic rings.